The molecule has 1 aromatic rings. The number of hydrogen-bond acceptors (Lipinski definition) is 1. The summed E-state index contributed by atoms with van der Waals surface area (Å²) in [6.45, 7) is 4.78. The predicted molar refractivity (Wildman–Crippen MR) is 95.8 cm³/mol. The first-order chi connectivity index (χ1) is 10.5. The van der Waals surface area contributed by atoms with Crippen LogP contribution in [0.4, 0.5) is 0 Å². The molecule has 0 aromatic heterocycles. The third kappa shape index (κ3) is 1.52. The van der Waals surface area contributed by atoms with Crippen molar-refractivity contribution in [3.8, 4) is 0 Å². The SMILES string of the molecule is CCC1(CC)C2CC3(c4ccccc4)C[C@@H]1CC2(C(N)=S)C3. The van der Waals surface area contributed by atoms with Crippen molar-refractivity contribution in [2.45, 2.75) is 57.8 Å². The van der Waals surface area contributed by atoms with Crippen LogP contribution in [0.15, 0.2) is 30.3 Å². The first kappa shape index (κ1) is 14.7. The summed E-state index contributed by atoms with van der Waals surface area (Å²) in [7, 11) is 0. The molecule has 5 rings (SSSR count). The second-order valence-electron chi connectivity index (χ2n) is 8.15. The van der Waals surface area contributed by atoms with Crippen molar-refractivity contribution in [1.82, 2.24) is 0 Å². The lowest BCUT2D eigenvalue weighted by molar-refractivity contribution is 0.0448. The molecule has 0 saturated heterocycles. The summed E-state index contributed by atoms with van der Waals surface area (Å²) in [4.78, 5) is 0.809. The zero-order valence-corrected chi connectivity index (χ0v) is 14.6. The Labute approximate surface area is 139 Å². The van der Waals surface area contributed by atoms with E-state index < -0.39 is 0 Å². The van der Waals surface area contributed by atoms with E-state index in [1.807, 2.05) is 0 Å². The second-order valence-corrected chi connectivity index (χ2v) is 8.59. The maximum atomic E-state index is 6.36. The van der Waals surface area contributed by atoms with Crippen molar-refractivity contribution >= 4 is 17.2 Å². The van der Waals surface area contributed by atoms with Gasteiger partial charge in [-0.2, -0.15) is 0 Å². The van der Waals surface area contributed by atoms with Gasteiger partial charge in [-0.05, 0) is 66.8 Å². The van der Waals surface area contributed by atoms with Gasteiger partial charge in [0.1, 0.15) is 0 Å². The maximum Gasteiger partial charge on any atom is 0.0793 e. The summed E-state index contributed by atoms with van der Waals surface area (Å²) in [5, 5.41) is 0. The van der Waals surface area contributed by atoms with Crippen LogP contribution in [0.3, 0.4) is 0 Å². The van der Waals surface area contributed by atoms with E-state index in [0.717, 1.165) is 10.9 Å². The van der Waals surface area contributed by atoms with E-state index in [-0.39, 0.29) is 5.41 Å². The Morgan fingerprint density at radius 1 is 1.14 bits per heavy atom. The molecule has 4 atom stereocenters. The van der Waals surface area contributed by atoms with Crippen molar-refractivity contribution in [2.75, 3.05) is 0 Å². The zero-order valence-electron chi connectivity index (χ0n) is 13.8. The highest BCUT2D eigenvalue weighted by Crippen LogP contribution is 2.78. The fourth-order valence-electron chi connectivity index (χ4n) is 6.99. The van der Waals surface area contributed by atoms with Crippen molar-refractivity contribution < 1.29 is 0 Å². The number of benzene rings is 1. The van der Waals surface area contributed by atoms with E-state index in [0.29, 0.717) is 16.7 Å². The van der Waals surface area contributed by atoms with Crippen LogP contribution in [0, 0.1) is 22.7 Å². The highest BCUT2D eigenvalue weighted by atomic mass is 32.1. The summed E-state index contributed by atoms with van der Waals surface area (Å²) >= 11 is 5.63. The molecule has 0 heterocycles. The Balaban J connectivity index is 1.85. The van der Waals surface area contributed by atoms with Gasteiger partial charge in [-0.25, -0.2) is 0 Å². The van der Waals surface area contributed by atoms with Crippen LogP contribution in [0.5, 0.6) is 0 Å². The molecule has 118 valence electrons. The van der Waals surface area contributed by atoms with Gasteiger partial charge >= 0.3 is 0 Å². The standard InChI is InChI=1S/C20H27NS/c1-3-19(4-2)15-10-18(14-8-6-5-7-9-14)12-16(19)20(11-15,13-18)17(21)22/h5-9,15-16H,3-4,10-13H2,1-2H3,(H2,21,22)/t15-,16?,18?,20?/m1/s1. The van der Waals surface area contributed by atoms with E-state index in [9.17, 15) is 0 Å². The molecule has 0 radical (unpaired) electrons. The van der Waals surface area contributed by atoms with Gasteiger partial charge in [-0.1, -0.05) is 56.4 Å². The number of rotatable bonds is 4. The van der Waals surface area contributed by atoms with Gasteiger partial charge in [-0.15, -0.1) is 0 Å². The average molecular weight is 314 g/mol. The molecule has 4 bridgehead atoms. The fourth-order valence-corrected chi connectivity index (χ4v) is 7.29. The van der Waals surface area contributed by atoms with E-state index in [1.54, 1.807) is 0 Å². The first-order valence-corrected chi connectivity index (χ1v) is 9.29. The van der Waals surface area contributed by atoms with Crippen molar-refractivity contribution in [3.05, 3.63) is 35.9 Å². The molecule has 4 aliphatic rings. The van der Waals surface area contributed by atoms with Gasteiger partial charge in [0, 0.05) is 5.41 Å². The number of thiocarbonyl (C=S) groups is 1. The van der Waals surface area contributed by atoms with E-state index in [1.165, 1.54) is 44.1 Å². The molecular weight excluding hydrogens is 286 g/mol. The lowest BCUT2D eigenvalue weighted by Gasteiger charge is -2.49. The van der Waals surface area contributed by atoms with E-state index >= 15 is 0 Å². The molecule has 0 aliphatic heterocycles. The molecule has 22 heavy (non-hydrogen) atoms. The maximum absolute atomic E-state index is 6.36. The van der Waals surface area contributed by atoms with Crippen LogP contribution >= 0.6 is 12.2 Å². The quantitative estimate of drug-likeness (QED) is 0.805. The molecule has 4 aliphatic carbocycles. The van der Waals surface area contributed by atoms with Crippen molar-refractivity contribution in [2.24, 2.45) is 28.4 Å². The summed E-state index contributed by atoms with van der Waals surface area (Å²) in [6.07, 6.45) is 7.67. The number of nitrogens with two attached hydrogens (primary N) is 1. The Kier molecular flexibility index (Phi) is 3.05. The minimum Gasteiger partial charge on any atom is -0.393 e. The topological polar surface area (TPSA) is 26.0 Å². The van der Waals surface area contributed by atoms with Gasteiger partial charge in [0.15, 0.2) is 0 Å². The predicted octanol–water partition coefficient (Wildman–Crippen LogP) is 4.84. The Bertz CT molecular complexity index is 605. The van der Waals surface area contributed by atoms with Crippen molar-refractivity contribution in [3.63, 3.8) is 0 Å². The minimum absolute atomic E-state index is 0.139. The molecule has 0 spiro atoms. The van der Waals surface area contributed by atoms with Crippen LogP contribution in [-0.4, -0.2) is 4.99 Å². The van der Waals surface area contributed by atoms with Crippen LogP contribution < -0.4 is 5.73 Å². The summed E-state index contributed by atoms with van der Waals surface area (Å²) in [5.74, 6) is 1.50. The van der Waals surface area contributed by atoms with Crippen molar-refractivity contribution in [1.29, 1.82) is 0 Å². The molecule has 1 nitrogen and oxygen atoms in total. The Morgan fingerprint density at radius 2 is 1.82 bits per heavy atom. The third-order valence-corrected chi connectivity index (χ3v) is 8.27. The summed E-state index contributed by atoms with van der Waals surface area (Å²) in [5.41, 5.74) is 8.85. The highest BCUT2D eigenvalue weighted by molar-refractivity contribution is 7.80. The molecule has 2 N–H and O–H groups in total. The van der Waals surface area contributed by atoms with Crippen LogP contribution in [0.2, 0.25) is 0 Å². The first-order valence-electron chi connectivity index (χ1n) is 8.88. The van der Waals surface area contributed by atoms with Crippen LogP contribution in [0.25, 0.3) is 0 Å². The fraction of sp³-hybridized carbons (Fsp3) is 0.650. The van der Waals surface area contributed by atoms with Gasteiger partial charge in [0.2, 0.25) is 0 Å². The molecule has 1 aromatic carbocycles. The van der Waals surface area contributed by atoms with Crippen LogP contribution in [0.1, 0.15) is 57.9 Å². The lowest BCUT2D eigenvalue weighted by atomic mass is 9.55. The Morgan fingerprint density at radius 3 is 2.41 bits per heavy atom. The lowest BCUT2D eigenvalue weighted by Crippen LogP contribution is -2.42. The smallest absolute Gasteiger partial charge is 0.0793 e. The molecule has 4 saturated carbocycles. The van der Waals surface area contributed by atoms with Crippen LogP contribution in [-0.2, 0) is 5.41 Å². The third-order valence-electron chi connectivity index (χ3n) is 7.86. The molecular formula is C20H27NS. The molecule has 4 fully saturated rings. The largest absolute Gasteiger partial charge is 0.393 e. The van der Waals surface area contributed by atoms with Gasteiger partial charge < -0.3 is 5.73 Å². The van der Waals surface area contributed by atoms with E-state index in [2.05, 4.69) is 44.2 Å². The van der Waals surface area contributed by atoms with Gasteiger partial charge in [0.05, 0.1) is 4.99 Å². The second kappa shape index (κ2) is 4.56. The molecule has 0 amide bonds. The molecule has 3 unspecified atom stereocenters. The summed E-state index contributed by atoms with van der Waals surface area (Å²) in [6, 6.07) is 11.2. The average Bonchev–Trinajstić information content (AvgIpc) is 2.90. The zero-order chi connectivity index (χ0) is 15.6. The monoisotopic (exact) mass is 313 g/mol. The normalized spacial score (nSPS) is 41.0. The Hall–Kier alpha value is -0.890. The molecule has 2 heteroatoms. The summed E-state index contributed by atoms with van der Waals surface area (Å²) < 4.78 is 0. The van der Waals surface area contributed by atoms with Gasteiger partial charge in [0.25, 0.3) is 0 Å². The van der Waals surface area contributed by atoms with E-state index in [4.69, 9.17) is 18.0 Å². The highest BCUT2D eigenvalue weighted by Gasteiger charge is 2.73. The van der Waals surface area contributed by atoms with Gasteiger partial charge in [-0.3, -0.25) is 0 Å². The minimum atomic E-state index is 0.139. The number of hydrogen-bond donors (Lipinski definition) is 1.